The standard InChI is InChI=1S/C5H10ClN3O2S/c6-1-2-7-5(10)9(8-11)3-4-12/h12H,1-4H2,(H,7,10). The summed E-state index contributed by atoms with van der Waals surface area (Å²) in [6, 6.07) is -0.542. The van der Waals surface area contributed by atoms with Gasteiger partial charge in [-0.1, -0.05) is 0 Å². The Labute approximate surface area is 80.8 Å². The molecule has 0 aliphatic heterocycles. The first-order valence-electron chi connectivity index (χ1n) is 3.31. The van der Waals surface area contributed by atoms with E-state index in [9.17, 15) is 9.70 Å². The summed E-state index contributed by atoms with van der Waals surface area (Å²) < 4.78 is 0. The van der Waals surface area contributed by atoms with Gasteiger partial charge in [-0.15, -0.1) is 16.5 Å². The molecular weight excluding hydrogens is 202 g/mol. The molecular formula is C5H10ClN3O2S. The fourth-order valence-corrected chi connectivity index (χ4v) is 0.804. The molecule has 0 heterocycles. The molecule has 0 saturated heterocycles. The summed E-state index contributed by atoms with van der Waals surface area (Å²) in [7, 11) is 0. The summed E-state index contributed by atoms with van der Waals surface area (Å²) in [5, 5.41) is 5.67. The maximum atomic E-state index is 11.0. The van der Waals surface area contributed by atoms with Gasteiger partial charge in [-0.05, 0) is 0 Å². The molecule has 5 nitrogen and oxygen atoms in total. The van der Waals surface area contributed by atoms with Gasteiger partial charge in [-0.25, -0.2) is 4.79 Å². The van der Waals surface area contributed by atoms with E-state index in [-0.39, 0.29) is 6.54 Å². The second kappa shape index (κ2) is 7.17. The highest BCUT2D eigenvalue weighted by atomic mass is 35.5. The second-order valence-corrected chi connectivity index (χ2v) is 2.67. The van der Waals surface area contributed by atoms with E-state index in [0.717, 1.165) is 5.01 Å². The van der Waals surface area contributed by atoms with Gasteiger partial charge in [-0.2, -0.15) is 17.6 Å². The topological polar surface area (TPSA) is 61.8 Å². The van der Waals surface area contributed by atoms with Crippen LogP contribution in [0.5, 0.6) is 0 Å². The lowest BCUT2D eigenvalue weighted by molar-refractivity contribution is 0.203. The molecule has 7 heteroatoms. The van der Waals surface area contributed by atoms with Crippen molar-refractivity contribution in [3.8, 4) is 0 Å². The first kappa shape index (κ1) is 11.5. The zero-order valence-electron chi connectivity index (χ0n) is 6.36. The Morgan fingerprint density at radius 3 is 2.75 bits per heavy atom. The van der Waals surface area contributed by atoms with Crippen molar-refractivity contribution in [3.05, 3.63) is 4.91 Å². The summed E-state index contributed by atoms with van der Waals surface area (Å²) in [5.74, 6) is 0.694. The molecule has 0 rings (SSSR count). The highest BCUT2D eigenvalue weighted by molar-refractivity contribution is 7.80. The lowest BCUT2D eigenvalue weighted by Gasteiger charge is -2.11. The van der Waals surface area contributed by atoms with E-state index in [1.807, 2.05) is 0 Å². The Bertz CT molecular complexity index is 158. The van der Waals surface area contributed by atoms with Crippen molar-refractivity contribution in [3.63, 3.8) is 0 Å². The predicted octanol–water partition coefficient (Wildman–Crippen LogP) is 0.848. The van der Waals surface area contributed by atoms with Crippen LogP contribution in [0, 0.1) is 4.91 Å². The molecule has 1 N–H and O–H groups in total. The first-order chi connectivity index (χ1) is 5.76. The van der Waals surface area contributed by atoms with Gasteiger partial charge in [0.1, 0.15) is 0 Å². The van der Waals surface area contributed by atoms with Crippen molar-refractivity contribution >= 4 is 30.3 Å². The van der Waals surface area contributed by atoms with E-state index in [2.05, 4.69) is 23.2 Å². The van der Waals surface area contributed by atoms with Gasteiger partial charge in [0.15, 0.2) is 0 Å². The summed E-state index contributed by atoms with van der Waals surface area (Å²) in [6.45, 7) is 0.514. The minimum Gasteiger partial charge on any atom is -0.335 e. The van der Waals surface area contributed by atoms with Crippen LogP contribution < -0.4 is 5.32 Å². The number of alkyl halides is 1. The van der Waals surface area contributed by atoms with Crippen LogP contribution in [-0.2, 0) is 0 Å². The number of rotatable bonds is 5. The minimum atomic E-state index is -0.542. The fourth-order valence-electron chi connectivity index (χ4n) is 0.520. The number of nitrogens with zero attached hydrogens (tertiary/aromatic N) is 2. The molecule has 70 valence electrons. The monoisotopic (exact) mass is 211 g/mol. The molecule has 0 fully saturated rings. The predicted molar refractivity (Wildman–Crippen MR) is 50.5 cm³/mol. The second-order valence-electron chi connectivity index (χ2n) is 1.85. The summed E-state index contributed by atoms with van der Waals surface area (Å²) in [4.78, 5) is 21.0. The van der Waals surface area contributed by atoms with Crippen LogP contribution in [0.3, 0.4) is 0 Å². The molecule has 0 aliphatic rings. The van der Waals surface area contributed by atoms with Gasteiger partial charge < -0.3 is 5.32 Å². The number of hydrogen-bond donors (Lipinski definition) is 2. The molecule has 0 bridgehead atoms. The van der Waals surface area contributed by atoms with Gasteiger partial charge in [0, 0.05) is 18.2 Å². The third-order valence-electron chi connectivity index (χ3n) is 1.02. The third kappa shape index (κ3) is 4.40. The van der Waals surface area contributed by atoms with Gasteiger partial charge in [0.05, 0.1) is 11.8 Å². The zero-order chi connectivity index (χ0) is 9.40. The fraction of sp³-hybridized carbons (Fsp3) is 0.800. The van der Waals surface area contributed by atoms with Crippen molar-refractivity contribution in [2.75, 3.05) is 24.7 Å². The average Bonchev–Trinajstić information content (AvgIpc) is 2.10. The Hall–Kier alpha value is -0.490. The van der Waals surface area contributed by atoms with Crippen molar-refractivity contribution in [1.82, 2.24) is 10.3 Å². The highest BCUT2D eigenvalue weighted by Crippen LogP contribution is 1.91. The summed E-state index contributed by atoms with van der Waals surface area (Å²) in [5.41, 5.74) is 0. The molecule has 0 saturated carbocycles. The molecule has 0 unspecified atom stereocenters. The number of urea groups is 1. The van der Waals surface area contributed by atoms with Crippen molar-refractivity contribution < 1.29 is 4.79 Å². The molecule has 2 amide bonds. The zero-order valence-corrected chi connectivity index (χ0v) is 8.01. The van der Waals surface area contributed by atoms with E-state index in [1.165, 1.54) is 0 Å². The Morgan fingerprint density at radius 1 is 1.67 bits per heavy atom. The molecule has 0 aromatic rings. The lowest BCUT2D eigenvalue weighted by Crippen LogP contribution is -2.38. The Kier molecular flexibility index (Phi) is 6.88. The number of amides is 2. The maximum Gasteiger partial charge on any atom is 0.340 e. The molecule has 0 aliphatic carbocycles. The van der Waals surface area contributed by atoms with Crippen LogP contribution >= 0.6 is 24.2 Å². The molecule has 0 aromatic heterocycles. The lowest BCUT2D eigenvalue weighted by atomic mass is 10.6. The van der Waals surface area contributed by atoms with Crippen molar-refractivity contribution in [2.45, 2.75) is 0 Å². The van der Waals surface area contributed by atoms with E-state index >= 15 is 0 Å². The van der Waals surface area contributed by atoms with E-state index < -0.39 is 6.03 Å². The molecule has 0 aromatic carbocycles. The quantitative estimate of drug-likeness (QED) is 0.307. The van der Waals surface area contributed by atoms with E-state index in [4.69, 9.17) is 11.6 Å². The van der Waals surface area contributed by atoms with Crippen LogP contribution in [0.1, 0.15) is 0 Å². The molecule has 0 radical (unpaired) electrons. The summed E-state index contributed by atoms with van der Waals surface area (Å²) >= 11 is 9.17. The smallest absolute Gasteiger partial charge is 0.335 e. The van der Waals surface area contributed by atoms with Gasteiger partial charge in [-0.3, -0.25) is 0 Å². The van der Waals surface area contributed by atoms with Crippen molar-refractivity contribution in [1.29, 1.82) is 0 Å². The molecule has 12 heavy (non-hydrogen) atoms. The summed E-state index contributed by atoms with van der Waals surface area (Å²) in [6.07, 6.45) is 0. The van der Waals surface area contributed by atoms with E-state index in [1.54, 1.807) is 0 Å². The number of nitrogens with one attached hydrogen (secondary N) is 1. The first-order valence-corrected chi connectivity index (χ1v) is 4.48. The molecule has 0 atom stereocenters. The number of hydrogen-bond acceptors (Lipinski definition) is 4. The number of thiol groups is 1. The minimum absolute atomic E-state index is 0.195. The Morgan fingerprint density at radius 2 is 2.33 bits per heavy atom. The normalized spacial score (nSPS) is 9.17. The number of halogens is 1. The average molecular weight is 212 g/mol. The molecule has 0 spiro atoms. The SMILES string of the molecule is O=NN(CCS)C(=O)NCCCl. The third-order valence-corrected chi connectivity index (χ3v) is 1.40. The van der Waals surface area contributed by atoms with Crippen LogP contribution in [-0.4, -0.2) is 35.8 Å². The van der Waals surface area contributed by atoms with E-state index in [0.29, 0.717) is 18.2 Å². The largest absolute Gasteiger partial charge is 0.340 e. The van der Waals surface area contributed by atoms with Crippen molar-refractivity contribution in [2.24, 2.45) is 5.29 Å². The number of carbonyl (C=O) groups is 1. The Balaban J connectivity index is 3.77. The van der Waals surface area contributed by atoms with Gasteiger partial charge >= 0.3 is 6.03 Å². The van der Waals surface area contributed by atoms with Crippen LogP contribution in [0.15, 0.2) is 5.29 Å². The van der Waals surface area contributed by atoms with Gasteiger partial charge in [0.25, 0.3) is 0 Å². The van der Waals surface area contributed by atoms with Gasteiger partial charge in [0.2, 0.25) is 0 Å². The number of carbonyl (C=O) groups excluding carboxylic acids is 1. The van der Waals surface area contributed by atoms with Crippen LogP contribution in [0.2, 0.25) is 0 Å². The number of nitroso groups, excluding NO2 is 1. The van der Waals surface area contributed by atoms with Crippen LogP contribution in [0.4, 0.5) is 4.79 Å². The van der Waals surface area contributed by atoms with Crippen LogP contribution in [0.25, 0.3) is 0 Å². The maximum absolute atomic E-state index is 11.0. The highest BCUT2D eigenvalue weighted by Gasteiger charge is 2.10.